The van der Waals surface area contributed by atoms with E-state index in [0.717, 1.165) is 23.4 Å². The van der Waals surface area contributed by atoms with Crippen molar-refractivity contribution in [2.45, 2.75) is 32.6 Å². The van der Waals surface area contributed by atoms with Crippen molar-refractivity contribution in [1.29, 1.82) is 0 Å². The summed E-state index contributed by atoms with van der Waals surface area (Å²) in [6.07, 6.45) is 1.02. The highest BCUT2D eigenvalue weighted by Crippen LogP contribution is 2.22. The van der Waals surface area contributed by atoms with Crippen molar-refractivity contribution in [1.82, 2.24) is 4.90 Å². The highest BCUT2D eigenvalue weighted by atomic mass is 16.5. The first-order chi connectivity index (χ1) is 13.5. The molecule has 1 saturated heterocycles. The van der Waals surface area contributed by atoms with E-state index in [-0.39, 0.29) is 24.2 Å². The fraction of sp³-hybridized carbons (Fsp3) is 0.391. The molecule has 0 spiro atoms. The molecule has 2 amide bonds. The van der Waals surface area contributed by atoms with Crippen molar-refractivity contribution in [2.24, 2.45) is 5.92 Å². The summed E-state index contributed by atoms with van der Waals surface area (Å²) in [5.41, 5.74) is 3.12. The molecule has 1 aliphatic rings. The van der Waals surface area contributed by atoms with Gasteiger partial charge in [0, 0.05) is 25.2 Å². The molecule has 2 aromatic carbocycles. The maximum atomic E-state index is 12.6. The molecule has 1 unspecified atom stereocenters. The van der Waals surface area contributed by atoms with Crippen LogP contribution in [0.2, 0.25) is 0 Å². The largest absolute Gasteiger partial charge is 0.497 e. The minimum atomic E-state index is -0.303. The second-order valence-corrected chi connectivity index (χ2v) is 7.61. The number of hydrogen-bond donors (Lipinski definition) is 1. The van der Waals surface area contributed by atoms with E-state index in [9.17, 15) is 9.59 Å². The molecule has 1 heterocycles. The van der Waals surface area contributed by atoms with Crippen molar-refractivity contribution >= 4 is 17.5 Å². The van der Waals surface area contributed by atoms with E-state index in [2.05, 4.69) is 19.2 Å². The number of likely N-dealkylation sites (tertiary alicyclic amines) is 1. The molecular formula is C23H28N2O3. The number of nitrogens with one attached hydrogen (secondary N) is 1. The van der Waals surface area contributed by atoms with Gasteiger partial charge in [-0.2, -0.15) is 0 Å². The van der Waals surface area contributed by atoms with Crippen LogP contribution in [0.3, 0.4) is 0 Å². The average Bonchev–Trinajstić information content (AvgIpc) is 3.08. The van der Waals surface area contributed by atoms with E-state index in [4.69, 9.17) is 4.74 Å². The fourth-order valence-corrected chi connectivity index (χ4v) is 3.45. The molecule has 1 fully saturated rings. The smallest absolute Gasteiger partial charge is 0.229 e. The number of benzene rings is 2. The quantitative estimate of drug-likeness (QED) is 0.794. The summed E-state index contributed by atoms with van der Waals surface area (Å²) >= 11 is 0. The number of hydrogen-bond acceptors (Lipinski definition) is 3. The number of carbonyl (C=O) groups excluding carboxylic acids is 2. The summed E-state index contributed by atoms with van der Waals surface area (Å²) in [4.78, 5) is 26.7. The lowest BCUT2D eigenvalue weighted by molar-refractivity contribution is -0.128. The van der Waals surface area contributed by atoms with Gasteiger partial charge in [0.15, 0.2) is 0 Å². The Balaban J connectivity index is 1.53. The first-order valence-electron chi connectivity index (χ1n) is 9.78. The normalized spacial score (nSPS) is 16.5. The number of amides is 2. The Bertz CT molecular complexity index is 830. The number of ether oxygens (including phenoxy) is 1. The van der Waals surface area contributed by atoms with Crippen LogP contribution in [0.4, 0.5) is 5.69 Å². The number of nitrogens with zero attached hydrogens (tertiary/aromatic N) is 1. The predicted molar refractivity (Wildman–Crippen MR) is 111 cm³/mol. The van der Waals surface area contributed by atoms with Crippen molar-refractivity contribution in [2.75, 3.05) is 25.5 Å². The van der Waals surface area contributed by atoms with Gasteiger partial charge in [0.1, 0.15) is 5.75 Å². The van der Waals surface area contributed by atoms with Crippen LogP contribution in [0.5, 0.6) is 5.75 Å². The molecule has 0 saturated carbocycles. The number of rotatable bonds is 7. The standard InChI is InChI=1S/C23H28N2O3/c1-16(2)18-7-9-20(10-8-18)24-23(27)19-14-22(26)25(15-19)12-11-17-5-4-6-21(13-17)28-3/h4-10,13,16,19H,11-12,14-15H2,1-3H3,(H,24,27). The minimum absolute atomic E-state index is 0.0400. The highest BCUT2D eigenvalue weighted by molar-refractivity contribution is 5.97. The van der Waals surface area contributed by atoms with Crippen LogP contribution in [-0.4, -0.2) is 36.9 Å². The Morgan fingerprint density at radius 3 is 2.64 bits per heavy atom. The van der Waals surface area contributed by atoms with Crippen LogP contribution in [-0.2, 0) is 16.0 Å². The van der Waals surface area contributed by atoms with E-state index in [1.807, 2.05) is 48.5 Å². The molecule has 1 N–H and O–H groups in total. The summed E-state index contributed by atoms with van der Waals surface area (Å²) in [7, 11) is 1.64. The van der Waals surface area contributed by atoms with Crippen LogP contribution in [0.15, 0.2) is 48.5 Å². The molecular weight excluding hydrogens is 352 g/mol. The van der Waals surface area contributed by atoms with E-state index >= 15 is 0 Å². The molecule has 3 rings (SSSR count). The van der Waals surface area contributed by atoms with Crippen molar-refractivity contribution in [3.8, 4) is 5.75 Å². The van der Waals surface area contributed by atoms with E-state index in [1.165, 1.54) is 5.56 Å². The molecule has 5 nitrogen and oxygen atoms in total. The third kappa shape index (κ3) is 4.91. The van der Waals surface area contributed by atoms with Gasteiger partial charge in [0.05, 0.1) is 13.0 Å². The third-order valence-electron chi connectivity index (χ3n) is 5.23. The van der Waals surface area contributed by atoms with Gasteiger partial charge >= 0.3 is 0 Å². The topological polar surface area (TPSA) is 58.6 Å². The molecule has 1 atom stereocenters. The van der Waals surface area contributed by atoms with Crippen molar-refractivity contribution < 1.29 is 14.3 Å². The summed E-state index contributed by atoms with van der Waals surface area (Å²) in [6, 6.07) is 15.7. The average molecular weight is 380 g/mol. The van der Waals surface area contributed by atoms with Crippen LogP contribution in [0, 0.1) is 5.92 Å². The van der Waals surface area contributed by atoms with Crippen molar-refractivity contribution in [3.63, 3.8) is 0 Å². The molecule has 0 aromatic heterocycles. The molecule has 5 heteroatoms. The van der Waals surface area contributed by atoms with Crippen LogP contribution in [0.25, 0.3) is 0 Å². The van der Waals surface area contributed by atoms with E-state index in [1.54, 1.807) is 12.0 Å². The first-order valence-corrected chi connectivity index (χ1v) is 9.78. The zero-order chi connectivity index (χ0) is 20.1. The van der Waals surface area contributed by atoms with Gasteiger partial charge in [0.2, 0.25) is 11.8 Å². The van der Waals surface area contributed by atoms with E-state index in [0.29, 0.717) is 19.0 Å². The van der Waals surface area contributed by atoms with Gasteiger partial charge in [-0.3, -0.25) is 9.59 Å². The van der Waals surface area contributed by atoms with Crippen molar-refractivity contribution in [3.05, 3.63) is 59.7 Å². The number of anilines is 1. The Hall–Kier alpha value is -2.82. The Morgan fingerprint density at radius 2 is 1.96 bits per heavy atom. The summed E-state index contributed by atoms with van der Waals surface area (Å²) in [5, 5.41) is 2.95. The van der Waals surface area contributed by atoms with Gasteiger partial charge in [-0.25, -0.2) is 0 Å². The van der Waals surface area contributed by atoms with Gasteiger partial charge in [-0.15, -0.1) is 0 Å². The molecule has 148 valence electrons. The summed E-state index contributed by atoms with van der Waals surface area (Å²) in [5.74, 6) is 0.914. The highest BCUT2D eigenvalue weighted by Gasteiger charge is 2.34. The SMILES string of the molecule is COc1cccc(CCN2CC(C(=O)Nc3ccc(C(C)C)cc3)CC2=O)c1. The molecule has 1 aliphatic heterocycles. The number of carbonyl (C=O) groups is 2. The lowest BCUT2D eigenvalue weighted by Crippen LogP contribution is -2.30. The fourth-order valence-electron chi connectivity index (χ4n) is 3.45. The van der Waals surface area contributed by atoms with Gasteiger partial charge in [-0.05, 0) is 47.7 Å². The second kappa shape index (κ2) is 8.91. The monoisotopic (exact) mass is 380 g/mol. The molecule has 2 aromatic rings. The zero-order valence-electron chi connectivity index (χ0n) is 16.8. The molecule has 0 bridgehead atoms. The van der Waals surface area contributed by atoms with Crippen LogP contribution in [0.1, 0.15) is 37.3 Å². The summed E-state index contributed by atoms with van der Waals surface area (Å²) < 4.78 is 5.24. The third-order valence-corrected chi connectivity index (χ3v) is 5.23. The van der Waals surface area contributed by atoms with Crippen LogP contribution < -0.4 is 10.1 Å². The lowest BCUT2D eigenvalue weighted by atomic mass is 10.0. The zero-order valence-corrected chi connectivity index (χ0v) is 16.8. The number of methoxy groups -OCH3 is 1. The molecule has 28 heavy (non-hydrogen) atoms. The predicted octanol–water partition coefficient (Wildman–Crippen LogP) is 3.85. The van der Waals surface area contributed by atoms with E-state index < -0.39 is 0 Å². The minimum Gasteiger partial charge on any atom is -0.497 e. The maximum Gasteiger partial charge on any atom is 0.229 e. The second-order valence-electron chi connectivity index (χ2n) is 7.61. The lowest BCUT2D eigenvalue weighted by Gasteiger charge is -2.17. The Kier molecular flexibility index (Phi) is 6.34. The Morgan fingerprint density at radius 1 is 1.21 bits per heavy atom. The maximum absolute atomic E-state index is 12.6. The van der Waals surface area contributed by atoms with Gasteiger partial charge < -0.3 is 15.0 Å². The van der Waals surface area contributed by atoms with Crippen LogP contribution >= 0.6 is 0 Å². The van der Waals surface area contributed by atoms with Gasteiger partial charge in [0.25, 0.3) is 0 Å². The van der Waals surface area contributed by atoms with Gasteiger partial charge in [-0.1, -0.05) is 38.1 Å². The molecule has 0 aliphatic carbocycles. The Labute approximate surface area is 166 Å². The first kappa shape index (κ1) is 19.9. The summed E-state index contributed by atoms with van der Waals surface area (Å²) in [6.45, 7) is 5.35. The molecule has 0 radical (unpaired) electrons.